The van der Waals surface area contributed by atoms with Crippen LogP contribution in [-0.2, 0) is 21.4 Å². The number of benzene rings is 3. The van der Waals surface area contributed by atoms with Crippen LogP contribution in [0, 0.1) is 6.92 Å². The van der Waals surface area contributed by atoms with Crippen molar-refractivity contribution in [1.29, 1.82) is 0 Å². The largest absolute Gasteiger partial charge is 0.348 e. The Kier molecular flexibility index (Phi) is 7.96. The highest BCUT2D eigenvalue weighted by molar-refractivity contribution is 7.89. The highest BCUT2D eigenvalue weighted by Crippen LogP contribution is 2.23. The first-order chi connectivity index (χ1) is 15.2. The van der Waals surface area contributed by atoms with Crippen molar-refractivity contribution in [2.24, 2.45) is 0 Å². The number of rotatable bonds is 8. The maximum atomic E-state index is 13.4. The Balaban J connectivity index is 1.84. The van der Waals surface area contributed by atoms with Crippen molar-refractivity contribution < 1.29 is 13.2 Å². The zero-order chi connectivity index (χ0) is 23.3. The lowest BCUT2D eigenvalue weighted by Crippen LogP contribution is -2.41. The number of carbonyl (C=O) groups excluding carboxylic acids is 1. The lowest BCUT2D eigenvalue weighted by atomic mass is 10.1. The molecule has 0 aliphatic rings. The van der Waals surface area contributed by atoms with Crippen LogP contribution in [0.4, 0.5) is 0 Å². The molecule has 1 N–H and O–H groups in total. The summed E-state index contributed by atoms with van der Waals surface area (Å²) in [6.45, 7) is 3.33. The van der Waals surface area contributed by atoms with E-state index in [1.54, 1.807) is 60.7 Å². The zero-order valence-electron chi connectivity index (χ0n) is 17.8. The van der Waals surface area contributed by atoms with E-state index in [1.807, 2.05) is 26.0 Å². The first-order valence-electron chi connectivity index (χ1n) is 10.0. The highest BCUT2D eigenvalue weighted by atomic mass is 35.5. The zero-order valence-corrected chi connectivity index (χ0v) is 20.1. The Morgan fingerprint density at radius 2 is 1.59 bits per heavy atom. The molecule has 0 aliphatic heterocycles. The molecule has 8 heteroatoms. The van der Waals surface area contributed by atoms with E-state index in [2.05, 4.69) is 5.32 Å². The number of amides is 1. The fourth-order valence-corrected chi connectivity index (χ4v) is 4.88. The number of nitrogens with one attached hydrogen (secondary N) is 1. The molecule has 0 spiro atoms. The SMILES string of the molecule is Cc1ccc(S(=O)(=O)N(CC(=O)N[C@@H](C)c2ccc(Cl)cc2)Cc2ccccc2Cl)cc1. The molecule has 0 aliphatic carbocycles. The molecule has 0 bridgehead atoms. The summed E-state index contributed by atoms with van der Waals surface area (Å²) in [5.41, 5.74) is 2.42. The maximum absolute atomic E-state index is 13.4. The van der Waals surface area contributed by atoms with E-state index in [9.17, 15) is 13.2 Å². The van der Waals surface area contributed by atoms with Gasteiger partial charge >= 0.3 is 0 Å². The second-order valence-corrected chi connectivity index (χ2v) is 10.3. The van der Waals surface area contributed by atoms with Gasteiger partial charge in [0.1, 0.15) is 0 Å². The van der Waals surface area contributed by atoms with E-state index in [0.29, 0.717) is 15.6 Å². The maximum Gasteiger partial charge on any atom is 0.243 e. The minimum Gasteiger partial charge on any atom is -0.348 e. The van der Waals surface area contributed by atoms with Gasteiger partial charge < -0.3 is 5.32 Å². The van der Waals surface area contributed by atoms with Gasteiger partial charge in [-0.25, -0.2) is 8.42 Å². The minimum absolute atomic E-state index is 0.0291. The van der Waals surface area contributed by atoms with Gasteiger partial charge in [0.05, 0.1) is 17.5 Å². The van der Waals surface area contributed by atoms with Gasteiger partial charge in [-0.1, -0.05) is 71.2 Å². The van der Waals surface area contributed by atoms with Gasteiger partial charge in [0.15, 0.2) is 0 Å². The van der Waals surface area contributed by atoms with Crippen molar-refractivity contribution in [1.82, 2.24) is 9.62 Å². The van der Waals surface area contributed by atoms with Gasteiger partial charge in [0, 0.05) is 16.6 Å². The molecule has 3 rings (SSSR count). The van der Waals surface area contributed by atoms with Crippen molar-refractivity contribution in [3.63, 3.8) is 0 Å². The molecule has 1 amide bonds. The van der Waals surface area contributed by atoms with E-state index in [4.69, 9.17) is 23.2 Å². The van der Waals surface area contributed by atoms with Crippen LogP contribution in [0.25, 0.3) is 0 Å². The predicted molar refractivity (Wildman–Crippen MR) is 128 cm³/mol. The van der Waals surface area contributed by atoms with Crippen molar-refractivity contribution in [3.05, 3.63) is 99.5 Å². The van der Waals surface area contributed by atoms with E-state index >= 15 is 0 Å². The summed E-state index contributed by atoms with van der Waals surface area (Å²) in [5, 5.41) is 3.89. The summed E-state index contributed by atoms with van der Waals surface area (Å²) in [4.78, 5) is 13.0. The molecule has 0 heterocycles. The second-order valence-electron chi connectivity index (χ2n) is 7.52. The number of halogens is 2. The summed E-state index contributed by atoms with van der Waals surface area (Å²) in [7, 11) is -3.94. The Morgan fingerprint density at radius 1 is 0.969 bits per heavy atom. The monoisotopic (exact) mass is 490 g/mol. The van der Waals surface area contributed by atoms with E-state index in [1.165, 1.54) is 0 Å². The molecule has 0 saturated heterocycles. The molecule has 5 nitrogen and oxygen atoms in total. The third kappa shape index (κ3) is 6.11. The first-order valence-corrected chi connectivity index (χ1v) is 12.2. The van der Waals surface area contributed by atoms with E-state index in [0.717, 1.165) is 15.4 Å². The van der Waals surface area contributed by atoms with Crippen LogP contribution < -0.4 is 5.32 Å². The number of hydrogen-bond acceptors (Lipinski definition) is 3. The van der Waals surface area contributed by atoms with Crippen LogP contribution in [0.1, 0.15) is 29.7 Å². The number of sulfonamides is 1. The van der Waals surface area contributed by atoms with Gasteiger partial charge in [-0.2, -0.15) is 4.31 Å². The molecule has 3 aromatic carbocycles. The number of aryl methyl sites for hydroxylation is 1. The summed E-state index contributed by atoms with van der Waals surface area (Å²) in [6, 6.07) is 20.3. The number of hydrogen-bond donors (Lipinski definition) is 1. The lowest BCUT2D eigenvalue weighted by Gasteiger charge is -2.24. The molecule has 168 valence electrons. The summed E-state index contributed by atoms with van der Waals surface area (Å²) in [5.74, 6) is -0.421. The van der Waals surface area contributed by atoms with Crippen molar-refractivity contribution >= 4 is 39.1 Å². The van der Waals surface area contributed by atoms with Gasteiger partial charge in [-0.15, -0.1) is 0 Å². The van der Waals surface area contributed by atoms with Gasteiger partial charge in [-0.05, 0) is 55.3 Å². The topological polar surface area (TPSA) is 66.5 Å². The van der Waals surface area contributed by atoms with Crippen LogP contribution >= 0.6 is 23.2 Å². The Bertz CT molecular complexity index is 1180. The smallest absolute Gasteiger partial charge is 0.243 e. The quantitative estimate of drug-likeness (QED) is 0.461. The molecule has 0 saturated carbocycles. The second kappa shape index (κ2) is 10.5. The summed E-state index contributed by atoms with van der Waals surface area (Å²) >= 11 is 12.2. The number of carbonyl (C=O) groups is 1. The average Bonchev–Trinajstić information content (AvgIpc) is 2.75. The molecule has 0 aromatic heterocycles. The summed E-state index contributed by atoms with van der Waals surface area (Å²) < 4.78 is 27.9. The number of nitrogens with zero attached hydrogens (tertiary/aromatic N) is 1. The Hall–Kier alpha value is -2.38. The normalized spacial score (nSPS) is 12.5. The Labute approximate surface area is 199 Å². The minimum atomic E-state index is -3.94. The molecule has 32 heavy (non-hydrogen) atoms. The molecule has 3 aromatic rings. The van der Waals surface area contributed by atoms with Crippen LogP contribution in [-0.4, -0.2) is 25.2 Å². The third-order valence-electron chi connectivity index (χ3n) is 5.03. The van der Waals surface area contributed by atoms with Crippen LogP contribution in [0.15, 0.2) is 77.7 Å². The van der Waals surface area contributed by atoms with Gasteiger partial charge in [0.25, 0.3) is 0 Å². The first kappa shape index (κ1) is 24.3. The molecule has 0 fully saturated rings. The molecule has 1 atom stereocenters. The van der Waals surface area contributed by atoms with Gasteiger partial charge in [0.2, 0.25) is 15.9 Å². The van der Waals surface area contributed by atoms with Crippen molar-refractivity contribution in [2.45, 2.75) is 31.3 Å². The molecule has 0 radical (unpaired) electrons. The molecular weight excluding hydrogens is 467 g/mol. The fraction of sp³-hybridized carbons (Fsp3) is 0.208. The van der Waals surface area contributed by atoms with Crippen molar-refractivity contribution in [2.75, 3.05) is 6.54 Å². The molecule has 0 unspecified atom stereocenters. The van der Waals surface area contributed by atoms with Crippen LogP contribution in [0.2, 0.25) is 10.0 Å². The van der Waals surface area contributed by atoms with E-state index in [-0.39, 0.29) is 24.0 Å². The molecular formula is C24H24Cl2N2O3S. The highest BCUT2D eigenvalue weighted by Gasteiger charge is 2.28. The third-order valence-corrected chi connectivity index (χ3v) is 7.46. The predicted octanol–water partition coefficient (Wildman–Crippen LogP) is 5.37. The standard InChI is InChI=1S/C24H24Cl2N2O3S/c1-17-7-13-22(14-8-17)32(30,31)28(15-20-5-3-4-6-23(20)26)16-24(29)27-18(2)19-9-11-21(25)12-10-19/h3-14,18H,15-16H2,1-2H3,(H,27,29)/t18-/m0/s1. The fourth-order valence-electron chi connectivity index (χ4n) is 3.18. The summed E-state index contributed by atoms with van der Waals surface area (Å²) in [6.07, 6.45) is 0. The average molecular weight is 491 g/mol. The Morgan fingerprint density at radius 3 is 2.22 bits per heavy atom. The van der Waals surface area contributed by atoms with Crippen LogP contribution in [0.5, 0.6) is 0 Å². The van der Waals surface area contributed by atoms with E-state index < -0.39 is 15.9 Å². The lowest BCUT2D eigenvalue weighted by molar-refractivity contribution is -0.122. The van der Waals surface area contributed by atoms with Gasteiger partial charge in [-0.3, -0.25) is 4.79 Å². The van der Waals surface area contributed by atoms with Crippen molar-refractivity contribution in [3.8, 4) is 0 Å². The van der Waals surface area contributed by atoms with Crippen LogP contribution in [0.3, 0.4) is 0 Å².